The zero-order valence-electron chi connectivity index (χ0n) is 35.9. The highest BCUT2D eigenvalue weighted by Crippen LogP contribution is 2.41. The van der Waals surface area contributed by atoms with Crippen LogP contribution < -0.4 is 19.9 Å². The van der Waals surface area contributed by atoms with Crippen LogP contribution in [-0.4, -0.2) is 95.3 Å². The van der Waals surface area contributed by atoms with Gasteiger partial charge in [-0.2, -0.15) is 5.26 Å². The van der Waals surface area contributed by atoms with Gasteiger partial charge >= 0.3 is 0 Å². The fraction of sp³-hybridized carbons (Fsp3) is 0.449. The Hall–Kier alpha value is -5.84. The van der Waals surface area contributed by atoms with Crippen molar-refractivity contribution in [1.29, 1.82) is 5.26 Å². The second-order valence-corrected chi connectivity index (χ2v) is 19.0. The lowest BCUT2D eigenvalue weighted by Crippen LogP contribution is -2.54. The van der Waals surface area contributed by atoms with E-state index in [9.17, 15) is 24.4 Å². The number of aromatic nitrogens is 2. The summed E-state index contributed by atoms with van der Waals surface area (Å²) in [4.78, 5) is 68.7. The number of benzene rings is 3. The van der Waals surface area contributed by atoms with Crippen LogP contribution in [0.15, 0.2) is 72.9 Å². The SMILES string of the molecule is CC(C)(c1ccc(OCc2ccnc(N3CCC4(CCCN(CC5CCN(c6ccc7c(c6)C(=O)N(C6CCC(=O)NC6=O)C7=O)CC5)C4)CC3)n2)cc1)c1cc(Cl)cc(C#N)c1. The van der Waals surface area contributed by atoms with E-state index >= 15 is 0 Å². The third-order valence-corrected chi connectivity index (χ3v) is 14.4. The van der Waals surface area contributed by atoms with Gasteiger partial charge in [0, 0.05) is 68.0 Å². The predicted molar refractivity (Wildman–Crippen MR) is 239 cm³/mol. The molecule has 4 saturated heterocycles. The highest BCUT2D eigenvalue weighted by molar-refractivity contribution is 6.30. The predicted octanol–water partition coefficient (Wildman–Crippen LogP) is 6.91. The first kappa shape index (κ1) is 42.5. The van der Waals surface area contributed by atoms with Crippen LogP contribution in [0.3, 0.4) is 0 Å². The Morgan fingerprint density at radius 3 is 2.37 bits per heavy atom. The van der Waals surface area contributed by atoms with E-state index in [2.05, 4.69) is 57.0 Å². The van der Waals surface area contributed by atoms with Crippen LogP contribution in [0.4, 0.5) is 11.6 Å². The van der Waals surface area contributed by atoms with Crippen molar-refractivity contribution in [1.82, 2.24) is 25.1 Å². The summed E-state index contributed by atoms with van der Waals surface area (Å²) in [5, 5.41) is 12.2. The molecule has 5 aliphatic heterocycles. The third kappa shape index (κ3) is 8.76. The lowest BCUT2D eigenvalue weighted by molar-refractivity contribution is -0.136. The quantitative estimate of drug-likeness (QED) is 0.166. The van der Waals surface area contributed by atoms with E-state index in [1.54, 1.807) is 18.2 Å². The lowest BCUT2D eigenvalue weighted by Gasteiger charge is -2.48. The number of halogens is 1. The minimum atomic E-state index is -0.964. The maximum Gasteiger partial charge on any atom is 0.262 e. The minimum Gasteiger partial charge on any atom is -0.487 e. The van der Waals surface area contributed by atoms with E-state index in [4.69, 9.17) is 21.3 Å². The van der Waals surface area contributed by atoms with Crippen LogP contribution >= 0.6 is 11.6 Å². The van der Waals surface area contributed by atoms with Crippen molar-refractivity contribution in [2.24, 2.45) is 11.3 Å². The molecule has 14 heteroatoms. The molecule has 0 bridgehead atoms. The van der Waals surface area contributed by atoms with Crippen molar-refractivity contribution in [2.45, 2.75) is 83.3 Å². The van der Waals surface area contributed by atoms with Crippen molar-refractivity contribution in [3.63, 3.8) is 0 Å². The number of rotatable bonds is 10. The molecule has 3 aromatic carbocycles. The highest BCUT2D eigenvalue weighted by Gasteiger charge is 2.45. The molecular formula is C49H53ClN8O5. The van der Waals surface area contributed by atoms with E-state index in [1.807, 2.05) is 42.6 Å². The molecule has 1 atom stereocenters. The Bertz CT molecular complexity index is 2470. The summed E-state index contributed by atoms with van der Waals surface area (Å²) in [5.74, 6) is 0.177. The highest BCUT2D eigenvalue weighted by atomic mass is 35.5. The molecule has 1 unspecified atom stereocenters. The first-order valence-electron chi connectivity index (χ1n) is 22.2. The van der Waals surface area contributed by atoms with Crippen LogP contribution in [0.2, 0.25) is 5.02 Å². The molecule has 0 aliphatic carbocycles. The molecule has 4 aromatic rings. The van der Waals surface area contributed by atoms with Crippen LogP contribution in [-0.2, 0) is 21.6 Å². The smallest absolute Gasteiger partial charge is 0.262 e. The fourth-order valence-corrected chi connectivity index (χ4v) is 10.6. The van der Waals surface area contributed by atoms with E-state index < -0.39 is 23.8 Å². The zero-order valence-corrected chi connectivity index (χ0v) is 36.7. The number of nitriles is 1. The zero-order chi connectivity index (χ0) is 43.9. The number of ether oxygens (including phenoxy) is 1. The van der Waals surface area contributed by atoms with Crippen LogP contribution in [0.25, 0.3) is 0 Å². The van der Waals surface area contributed by atoms with Gasteiger partial charge < -0.3 is 19.4 Å². The van der Waals surface area contributed by atoms with Gasteiger partial charge in [0.05, 0.1) is 28.5 Å². The van der Waals surface area contributed by atoms with Gasteiger partial charge in [0.15, 0.2) is 0 Å². The number of likely N-dealkylation sites (tertiary alicyclic amines) is 1. The van der Waals surface area contributed by atoms with Crippen LogP contribution in [0.1, 0.15) is 108 Å². The Kier molecular flexibility index (Phi) is 11.7. The molecule has 1 N–H and O–H groups in total. The summed E-state index contributed by atoms with van der Waals surface area (Å²) >= 11 is 6.32. The number of nitrogens with one attached hydrogen (secondary N) is 1. The molecule has 63 heavy (non-hydrogen) atoms. The topological polar surface area (TPSA) is 152 Å². The molecule has 13 nitrogen and oxygen atoms in total. The first-order chi connectivity index (χ1) is 30.4. The number of amides is 4. The average Bonchev–Trinajstić information content (AvgIpc) is 3.53. The van der Waals surface area contributed by atoms with Gasteiger partial charge in [-0.3, -0.25) is 29.4 Å². The molecule has 5 aliphatic rings. The number of piperidine rings is 4. The Morgan fingerprint density at radius 2 is 1.62 bits per heavy atom. The summed E-state index contributed by atoms with van der Waals surface area (Å²) in [6.45, 7) is 11.5. The van der Waals surface area contributed by atoms with E-state index in [-0.39, 0.29) is 24.2 Å². The number of imide groups is 2. The van der Waals surface area contributed by atoms with E-state index in [1.165, 1.54) is 12.8 Å². The molecule has 6 heterocycles. The molecule has 0 saturated carbocycles. The van der Waals surface area contributed by atoms with Gasteiger partial charge in [-0.05, 0) is 129 Å². The first-order valence-corrected chi connectivity index (χ1v) is 22.6. The molecule has 1 aromatic heterocycles. The molecule has 9 rings (SSSR count). The normalized spacial score (nSPS) is 20.8. The number of anilines is 2. The molecule has 1 spiro atoms. The standard InChI is InChI=1S/C49H53ClN8O5/c1-48(2,35-24-33(28-51)25-36(50)26-35)34-4-7-39(8-5-34)63-30-37-12-18-52-47(53-37)57-22-16-49(17-23-57)15-3-19-55(31-49)29-32-13-20-56(21-14-32)38-6-9-40-41(27-38)46(62)58(45(40)61)42-10-11-43(59)54-44(42)60/h4-9,12,18,24-27,32,42H,3,10-11,13-17,19-23,29-31H2,1-2H3,(H,54,59,60). The number of fused-ring (bicyclic) bond motifs is 1. The Morgan fingerprint density at radius 1 is 0.857 bits per heavy atom. The maximum atomic E-state index is 13.4. The maximum absolute atomic E-state index is 13.4. The number of nitrogens with zero attached hydrogens (tertiary/aromatic N) is 7. The van der Waals surface area contributed by atoms with Crippen LogP contribution in [0.5, 0.6) is 5.75 Å². The molecule has 326 valence electrons. The van der Waals surface area contributed by atoms with Crippen molar-refractivity contribution >= 4 is 46.9 Å². The van der Waals surface area contributed by atoms with E-state index in [0.29, 0.717) is 39.7 Å². The molecule has 4 amide bonds. The van der Waals surface area contributed by atoms with Crippen LogP contribution in [0, 0.1) is 22.7 Å². The van der Waals surface area contributed by atoms with Crippen molar-refractivity contribution in [3.8, 4) is 11.8 Å². The summed E-state index contributed by atoms with van der Waals surface area (Å²) in [5.41, 5.74) is 4.95. The van der Waals surface area contributed by atoms with Gasteiger partial charge in [-0.25, -0.2) is 9.97 Å². The minimum absolute atomic E-state index is 0.0996. The number of hydrogen-bond donors (Lipinski definition) is 1. The Balaban J connectivity index is 0.742. The summed E-state index contributed by atoms with van der Waals surface area (Å²) < 4.78 is 6.18. The van der Waals surface area contributed by atoms with Gasteiger partial charge in [0.1, 0.15) is 18.4 Å². The number of hydrogen-bond acceptors (Lipinski definition) is 11. The summed E-state index contributed by atoms with van der Waals surface area (Å²) in [6.07, 6.45) is 8.87. The molecule has 4 fully saturated rings. The second-order valence-electron chi connectivity index (χ2n) is 18.6. The van der Waals surface area contributed by atoms with Crippen molar-refractivity contribution in [3.05, 3.63) is 111 Å². The van der Waals surface area contributed by atoms with Gasteiger partial charge in [-0.15, -0.1) is 0 Å². The van der Waals surface area contributed by atoms with Crippen molar-refractivity contribution in [2.75, 3.05) is 55.6 Å². The number of carbonyl (C=O) groups excluding carboxylic acids is 4. The molecular weight excluding hydrogens is 816 g/mol. The van der Waals surface area contributed by atoms with Gasteiger partial charge in [-0.1, -0.05) is 37.6 Å². The van der Waals surface area contributed by atoms with Gasteiger partial charge in [0.2, 0.25) is 17.8 Å². The Labute approximate surface area is 373 Å². The fourth-order valence-electron chi connectivity index (χ4n) is 10.4. The summed E-state index contributed by atoms with van der Waals surface area (Å²) in [7, 11) is 0. The monoisotopic (exact) mass is 868 g/mol. The van der Waals surface area contributed by atoms with Gasteiger partial charge in [0.25, 0.3) is 11.8 Å². The van der Waals surface area contributed by atoms with E-state index in [0.717, 1.165) is 111 Å². The molecule has 0 radical (unpaired) electrons. The largest absolute Gasteiger partial charge is 0.487 e. The van der Waals surface area contributed by atoms with Crippen molar-refractivity contribution < 1.29 is 23.9 Å². The second kappa shape index (κ2) is 17.4. The number of carbonyl (C=O) groups is 4. The lowest BCUT2D eigenvalue weighted by atomic mass is 9.72. The average molecular weight is 869 g/mol. The summed E-state index contributed by atoms with van der Waals surface area (Å²) in [6, 6.07) is 22.1. The third-order valence-electron chi connectivity index (χ3n) is 14.2.